The van der Waals surface area contributed by atoms with Crippen LogP contribution in [0.3, 0.4) is 0 Å². The minimum absolute atomic E-state index is 0.0810. The third-order valence-electron chi connectivity index (χ3n) is 3.58. The minimum atomic E-state index is -0.340. The van der Waals surface area contributed by atoms with Crippen molar-refractivity contribution in [3.05, 3.63) is 35.0 Å². The molecule has 1 aliphatic rings. The van der Waals surface area contributed by atoms with E-state index < -0.39 is 0 Å². The van der Waals surface area contributed by atoms with E-state index in [2.05, 4.69) is 15.3 Å². The lowest BCUT2D eigenvalue weighted by molar-refractivity contribution is -0.142. The SMILES string of the molecule is CCOC(=O)Cc1csc(NC(=O)c2cccnc2OC2CCSC2)n1. The van der Waals surface area contributed by atoms with Crippen molar-refractivity contribution in [2.45, 2.75) is 25.9 Å². The van der Waals surface area contributed by atoms with E-state index >= 15 is 0 Å². The van der Waals surface area contributed by atoms with Crippen LogP contribution in [0.2, 0.25) is 0 Å². The van der Waals surface area contributed by atoms with Crippen molar-refractivity contribution in [1.29, 1.82) is 0 Å². The van der Waals surface area contributed by atoms with Crippen molar-refractivity contribution in [2.24, 2.45) is 0 Å². The summed E-state index contributed by atoms with van der Waals surface area (Å²) >= 11 is 3.09. The molecule has 1 saturated heterocycles. The van der Waals surface area contributed by atoms with Gasteiger partial charge in [0.25, 0.3) is 5.91 Å². The molecular weight excluding hydrogens is 374 g/mol. The molecule has 0 bridgehead atoms. The third kappa shape index (κ3) is 4.95. The molecule has 1 amide bonds. The number of nitrogens with one attached hydrogen (secondary N) is 1. The van der Waals surface area contributed by atoms with E-state index in [1.54, 1.807) is 30.6 Å². The quantitative estimate of drug-likeness (QED) is 0.723. The molecule has 1 atom stereocenters. The van der Waals surface area contributed by atoms with Gasteiger partial charge in [-0.3, -0.25) is 14.9 Å². The maximum atomic E-state index is 12.6. The van der Waals surface area contributed by atoms with Gasteiger partial charge in [-0.1, -0.05) is 0 Å². The Labute approximate surface area is 159 Å². The number of nitrogens with zero attached hydrogens (tertiary/aromatic N) is 2. The highest BCUT2D eigenvalue weighted by Gasteiger charge is 2.22. The van der Waals surface area contributed by atoms with E-state index in [0.29, 0.717) is 28.9 Å². The van der Waals surface area contributed by atoms with Crippen LogP contribution in [0.15, 0.2) is 23.7 Å². The second kappa shape index (κ2) is 9.00. The second-order valence-electron chi connectivity index (χ2n) is 5.54. The summed E-state index contributed by atoms with van der Waals surface area (Å²) in [4.78, 5) is 32.5. The van der Waals surface area contributed by atoms with E-state index in [1.807, 2.05) is 11.8 Å². The van der Waals surface area contributed by atoms with Crippen molar-refractivity contribution in [3.8, 4) is 5.88 Å². The maximum absolute atomic E-state index is 12.6. The number of aromatic nitrogens is 2. The Morgan fingerprint density at radius 1 is 1.42 bits per heavy atom. The van der Waals surface area contributed by atoms with E-state index in [4.69, 9.17) is 9.47 Å². The normalized spacial score (nSPS) is 16.3. The molecular formula is C17H19N3O4S2. The smallest absolute Gasteiger partial charge is 0.311 e. The maximum Gasteiger partial charge on any atom is 0.311 e. The molecule has 7 nitrogen and oxygen atoms in total. The van der Waals surface area contributed by atoms with Crippen molar-refractivity contribution < 1.29 is 19.1 Å². The highest BCUT2D eigenvalue weighted by Crippen LogP contribution is 2.25. The molecule has 9 heteroatoms. The molecule has 0 saturated carbocycles. The standard InChI is InChI=1S/C17H19N3O4S2/c1-2-23-14(21)8-11-9-26-17(19-11)20-15(22)13-4-3-6-18-16(13)24-12-5-7-25-10-12/h3-4,6,9,12H,2,5,7-8,10H2,1H3,(H,19,20,22). The van der Waals surface area contributed by atoms with Gasteiger partial charge in [-0.05, 0) is 31.2 Å². The Morgan fingerprint density at radius 3 is 3.08 bits per heavy atom. The number of amides is 1. The van der Waals surface area contributed by atoms with E-state index in [1.165, 1.54) is 11.3 Å². The lowest BCUT2D eigenvalue weighted by Crippen LogP contribution is -2.20. The Balaban J connectivity index is 1.65. The van der Waals surface area contributed by atoms with Gasteiger partial charge in [0.1, 0.15) is 11.7 Å². The first-order valence-corrected chi connectivity index (χ1v) is 10.3. The predicted molar refractivity (Wildman–Crippen MR) is 101 cm³/mol. The summed E-state index contributed by atoms with van der Waals surface area (Å²) in [5, 5.41) is 4.88. The molecule has 26 heavy (non-hydrogen) atoms. The van der Waals surface area contributed by atoms with Crippen LogP contribution in [0.1, 0.15) is 29.4 Å². The number of hydrogen-bond donors (Lipinski definition) is 1. The number of esters is 1. The summed E-state index contributed by atoms with van der Waals surface area (Å²) in [6.45, 7) is 2.08. The summed E-state index contributed by atoms with van der Waals surface area (Å²) in [7, 11) is 0. The number of hydrogen-bond acceptors (Lipinski definition) is 8. The van der Waals surface area contributed by atoms with Crippen LogP contribution in [0.4, 0.5) is 5.13 Å². The molecule has 1 aliphatic heterocycles. The van der Waals surface area contributed by atoms with Gasteiger partial charge >= 0.3 is 5.97 Å². The van der Waals surface area contributed by atoms with Crippen molar-refractivity contribution in [3.63, 3.8) is 0 Å². The largest absolute Gasteiger partial charge is 0.473 e. The molecule has 3 heterocycles. The number of carbonyl (C=O) groups is 2. The van der Waals surface area contributed by atoms with Gasteiger partial charge in [0.05, 0.1) is 18.7 Å². The Hall–Kier alpha value is -2.13. The summed E-state index contributed by atoms with van der Waals surface area (Å²) in [5.74, 6) is 1.62. The number of thioether (sulfide) groups is 1. The summed E-state index contributed by atoms with van der Waals surface area (Å²) in [5.41, 5.74) is 0.931. The summed E-state index contributed by atoms with van der Waals surface area (Å²) in [6, 6.07) is 3.37. The summed E-state index contributed by atoms with van der Waals surface area (Å²) < 4.78 is 10.8. The molecule has 0 aromatic carbocycles. The van der Waals surface area contributed by atoms with Crippen LogP contribution < -0.4 is 10.1 Å². The lowest BCUT2D eigenvalue weighted by Gasteiger charge is -2.14. The minimum Gasteiger partial charge on any atom is -0.473 e. The van der Waals surface area contributed by atoms with Crippen molar-refractivity contribution in [2.75, 3.05) is 23.4 Å². The fourth-order valence-electron chi connectivity index (χ4n) is 2.39. The highest BCUT2D eigenvalue weighted by atomic mass is 32.2. The fraction of sp³-hybridized carbons (Fsp3) is 0.412. The molecule has 0 spiro atoms. The van der Waals surface area contributed by atoms with Crippen molar-refractivity contribution in [1.82, 2.24) is 9.97 Å². The van der Waals surface area contributed by atoms with Crippen LogP contribution in [0.25, 0.3) is 0 Å². The molecule has 1 fully saturated rings. The third-order valence-corrected chi connectivity index (χ3v) is 5.52. The van der Waals surface area contributed by atoms with Gasteiger partial charge in [-0.25, -0.2) is 9.97 Å². The van der Waals surface area contributed by atoms with Crippen LogP contribution in [0.5, 0.6) is 5.88 Å². The van der Waals surface area contributed by atoms with E-state index in [0.717, 1.165) is 17.9 Å². The number of rotatable bonds is 7. The van der Waals surface area contributed by atoms with Crippen LogP contribution in [0, 0.1) is 0 Å². The lowest BCUT2D eigenvalue weighted by atomic mass is 10.2. The van der Waals surface area contributed by atoms with Crippen LogP contribution in [-0.2, 0) is 16.0 Å². The first kappa shape index (κ1) is 18.7. The van der Waals surface area contributed by atoms with Gasteiger partial charge in [-0.2, -0.15) is 11.8 Å². The van der Waals surface area contributed by atoms with Gasteiger partial charge in [-0.15, -0.1) is 11.3 Å². The fourth-order valence-corrected chi connectivity index (χ4v) is 4.19. The summed E-state index contributed by atoms with van der Waals surface area (Å²) in [6.07, 6.45) is 2.72. The van der Waals surface area contributed by atoms with E-state index in [-0.39, 0.29) is 24.4 Å². The molecule has 2 aromatic rings. The molecule has 138 valence electrons. The van der Waals surface area contributed by atoms with Crippen molar-refractivity contribution >= 4 is 40.1 Å². The molecule has 0 radical (unpaired) electrons. The Bertz CT molecular complexity index is 775. The number of ether oxygens (including phenoxy) is 2. The van der Waals surface area contributed by atoms with Gasteiger partial charge in [0.2, 0.25) is 5.88 Å². The van der Waals surface area contributed by atoms with E-state index in [9.17, 15) is 9.59 Å². The monoisotopic (exact) mass is 393 g/mol. The topological polar surface area (TPSA) is 90.4 Å². The second-order valence-corrected chi connectivity index (χ2v) is 7.55. The average molecular weight is 393 g/mol. The zero-order valence-corrected chi connectivity index (χ0v) is 15.9. The Kier molecular flexibility index (Phi) is 6.45. The first-order chi connectivity index (χ1) is 12.7. The first-order valence-electron chi connectivity index (χ1n) is 8.26. The number of pyridine rings is 1. The van der Waals surface area contributed by atoms with Gasteiger partial charge in [0, 0.05) is 17.3 Å². The average Bonchev–Trinajstić information content (AvgIpc) is 3.28. The number of carbonyl (C=O) groups excluding carboxylic acids is 2. The van der Waals surface area contributed by atoms with Crippen LogP contribution >= 0.6 is 23.1 Å². The molecule has 2 aromatic heterocycles. The number of thiazole rings is 1. The molecule has 0 aliphatic carbocycles. The zero-order chi connectivity index (χ0) is 18.4. The predicted octanol–water partition coefficient (Wildman–Crippen LogP) is 2.78. The molecule has 3 rings (SSSR count). The van der Waals surface area contributed by atoms with Gasteiger partial charge < -0.3 is 9.47 Å². The highest BCUT2D eigenvalue weighted by molar-refractivity contribution is 7.99. The number of anilines is 1. The molecule has 1 N–H and O–H groups in total. The Morgan fingerprint density at radius 2 is 2.31 bits per heavy atom. The van der Waals surface area contributed by atoms with Crippen LogP contribution in [-0.4, -0.2) is 46.1 Å². The molecule has 1 unspecified atom stereocenters. The zero-order valence-electron chi connectivity index (χ0n) is 14.3. The van der Waals surface area contributed by atoms with Gasteiger partial charge in [0.15, 0.2) is 5.13 Å².